The Morgan fingerprint density at radius 2 is 2.17 bits per heavy atom. The molecule has 3 aromatic rings. The number of anilines is 1. The number of aryl methyl sites for hydroxylation is 1. The minimum Gasteiger partial charge on any atom is -0.478 e. The molecule has 0 bridgehead atoms. The Morgan fingerprint density at radius 3 is 2.87 bits per heavy atom. The summed E-state index contributed by atoms with van der Waals surface area (Å²) >= 11 is 0. The van der Waals surface area contributed by atoms with Gasteiger partial charge in [0.2, 0.25) is 0 Å². The molecule has 0 unspecified atom stereocenters. The number of nitrogens with zero attached hydrogens (tertiary/aromatic N) is 3. The van der Waals surface area contributed by atoms with Gasteiger partial charge in [0.25, 0.3) is 0 Å². The second-order valence-electron chi connectivity index (χ2n) is 4.99. The van der Waals surface area contributed by atoms with E-state index in [1.165, 1.54) is 17.8 Å². The van der Waals surface area contributed by atoms with Crippen molar-refractivity contribution in [2.75, 3.05) is 5.43 Å². The number of carbonyl (C=O) groups is 1. The zero-order valence-electron chi connectivity index (χ0n) is 12.6. The van der Waals surface area contributed by atoms with Crippen LogP contribution in [-0.4, -0.2) is 26.8 Å². The van der Waals surface area contributed by atoms with E-state index in [1.54, 1.807) is 12.3 Å². The lowest BCUT2D eigenvalue weighted by Gasteiger charge is -1.99. The Morgan fingerprint density at radius 1 is 1.35 bits per heavy atom. The molecule has 2 N–H and O–H groups in total. The number of para-hydroxylation sites is 1. The molecule has 0 radical (unpaired) electrons. The molecule has 6 nitrogen and oxygen atoms in total. The summed E-state index contributed by atoms with van der Waals surface area (Å²) in [5, 5.41) is 14.2. The number of hydrogen-bond donors (Lipinski definition) is 2. The van der Waals surface area contributed by atoms with Crippen molar-refractivity contribution in [2.45, 2.75) is 13.5 Å². The van der Waals surface area contributed by atoms with Crippen LogP contribution >= 0.6 is 0 Å². The minimum atomic E-state index is -1.00. The minimum absolute atomic E-state index is 0.144. The van der Waals surface area contributed by atoms with Crippen molar-refractivity contribution in [1.29, 1.82) is 0 Å². The number of fused-ring (bicyclic) bond motifs is 1. The Labute approximate surface area is 133 Å². The first-order valence-electron chi connectivity index (χ1n) is 7.25. The van der Waals surface area contributed by atoms with Gasteiger partial charge in [0.15, 0.2) is 0 Å². The molecule has 0 fully saturated rings. The number of rotatable bonds is 5. The molecule has 0 aliphatic rings. The van der Waals surface area contributed by atoms with E-state index in [-0.39, 0.29) is 5.56 Å². The van der Waals surface area contributed by atoms with Crippen molar-refractivity contribution in [2.24, 2.45) is 5.10 Å². The van der Waals surface area contributed by atoms with Crippen molar-refractivity contribution < 1.29 is 9.90 Å². The van der Waals surface area contributed by atoms with E-state index in [9.17, 15) is 4.79 Å². The second kappa shape index (κ2) is 6.31. The first-order chi connectivity index (χ1) is 11.2. The van der Waals surface area contributed by atoms with E-state index < -0.39 is 5.97 Å². The van der Waals surface area contributed by atoms with Crippen LogP contribution in [0.1, 0.15) is 22.8 Å². The third-order valence-corrected chi connectivity index (χ3v) is 3.55. The normalized spacial score (nSPS) is 11.2. The number of benzene rings is 1. The molecule has 6 heteroatoms. The maximum Gasteiger partial charge on any atom is 0.337 e. The van der Waals surface area contributed by atoms with Gasteiger partial charge in [-0.15, -0.1) is 0 Å². The summed E-state index contributed by atoms with van der Waals surface area (Å²) in [5.41, 5.74) is 5.13. The van der Waals surface area contributed by atoms with E-state index in [1.807, 2.05) is 12.1 Å². The highest BCUT2D eigenvalue weighted by Crippen LogP contribution is 2.19. The van der Waals surface area contributed by atoms with Crippen LogP contribution in [0.3, 0.4) is 0 Å². The lowest BCUT2D eigenvalue weighted by atomic mass is 10.2. The molecular weight excluding hydrogens is 292 g/mol. The predicted octanol–water partition coefficient (Wildman–Crippen LogP) is 3.20. The Kier molecular flexibility index (Phi) is 4.05. The zero-order chi connectivity index (χ0) is 16.2. The highest BCUT2D eigenvalue weighted by Gasteiger charge is 2.05. The highest BCUT2D eigenvalue weighted by atomic mass is 16.4. The Hall–Kier alpha value is -3.15. The maximum atomic E-state index is 10.8. The first-order valence-corrected chi connectivity index (χ1v) is 7.25. The standard InChI is InChI=1S/C17H16N4O2/c1-2-21-11-13(14-5-3-4-6-15(14)21)10-19-20-16-8-7-12(9-18-16)17(22)23/h3-11H,2H2,1H3,(H,18,20)(H,22,23)/b19-10+. The van der Waals surface area contributed by atoms with Gasteiger partial charge in [-0.3, -0.25) is 5.43 Å². The number of aromatic carboxylic acids is 1. The van der Waals surface area contributed by atoms with Crippen LogP contribution in [0.4, 0.5) is 5.82 Å². The van der Waals surface area contributed by atoms with Crippen LogP contribution in [0.2, 0.25) is 0 Å². The van der Waals surface area contributed by atoms with Crippen LogP contribution < -0.4 is 5.43 Å². The molecule has 2 aromatic heterocycles. The fraction of sp³-hybridized carbons (Fsp3) is 0.118. The molecule has 2 heterocycles. The topological polar surface area (TPSA) is 79.5 Å². The quantitative estimate of drug-likeness (QED) is 0.560. The fourth-order valence-corrected chi connectivity index (χ4v) is 2.39. The third-order valence-electron chi connectivity index (χ3n) is 3.55. The van der Waals surface area contributed by atoms with Gasteiger partial charge in [-0.25, -0.2) is 9.78 Å². The van der Waals surface area contributed by atoms with Crippen LogP contribution in [0.5, 0.6) is 0 Å². The van der Waals surface area contributed by atoms with E-state index in [2.05, 4.69) is 45.3 Å². The van der Waals surface area contributed by atoms with Crippen LogP contribution in [0.15, 0.2) is 53.9 Å². The number of aromatic nitrogens is 2. The van der Waals surface area contributed by atoms with Gasteiger partial charge >= 0.3 is 5.97 Å². The molecule has 0 amide bonds. The lowest BCUT2D eigenvalue weighted by Crippen LogP contribution is -1.99. The van der Waals surface area contributed by atoms with Crippen molar-refractivity contribution >= 4 is 28.9 Å². The summed E-state index contributed by atoms with van der Waals surface area (Å²) in [4.78, 5) is 14.8. The number of carboxylic acid groups (broad SMARTS) is 1. The largest absolute Gasteiger partial charge is 0.478 e. The average molecular weight is 308 g/mol. The monoisotopic (exact) mass is 308 g/mol. The molecule has 0 saturated carbocycles. The Bertz CT molecular complexity index is 866. The molecule has 0 atom stereocenters. The number of hydrogen-bond acceptors (Lipinski definition) is 4. The van der Waals surface area contributed by atoms with Crippen molar-refractivity contribution in [3.63, 3.8) is 0 Å². The zero-order valence-corrected chi connectivity index (χ0v) is 12.6. The van der Waals surface area contributed by atoms with Gasteiger partial charge in [0.1, 0.15) is 5.82 Å². The van der Waals surface area contributed by atoms with Crippen molar-refractivity contribution in [1.82, 2.24) is 9.55 Å². The molecule has 0 aliphatic carbocycles. The van der Waals surface area contributed by atoms with Gasteiger partial charge in [0.05, 0.1) is 11.8 Å². The molecule has 0 spiro atoms. The lowest BCUT2D eigenvalue weighted by molar-refractivity contribution is 0.0696. The maximum absolute atomic E-state index is 10.8. The van der Waals surface area contributed by atoms with Crippen molar-refractivity contribution in [3.05, 3.63) is 59.9 Å². The van der Waals surface area contributed by atoms with E-state index >= 15 is 0 Å². The first kappa shape index (κ1) is 14.8. The second-order valence-corrected chi connectivity index (χ2v) is 4.99. The summed E-state index contributed by atoms with van der Waals surface area (Å²) in [6.07, 6.45) is 5.08. The summed E-state index contributed by atoms with van der Waals surface area (Å²) in [7, 11) is 0. The SMILES string of the molecule is CCn1cc(/C=N/Nc2ccc(C(=O)O)cn2)c2ccccc21. The number of pyridine rings is 1. The average Bonchev–Trinajstić information content (AvgIpc) is 2.94. The van der Waals surface area contributed by atoms with Gasteiger partial charge in [-0.2, -0.15) is 5.10 Å². The van der Waals surface area contributed by atoms with Crippen LogP contribution in [0, 0.1) is 0 Å². The summed E-state index contributed by atoms with van der Waals surface area (Å²) in [6.45, 7) is 2.99. The smallest absolute Gasteiger partial charge is 0.337 e. The third kappa shape index (κ3) is 3.06. The van der Waals surface area contributed by atoms with Crippen molar-refractivity contribution in [3.8, 4) is 0 Å². The highest BCUT2D eigenvalue weighted by molar-refractivity contribution is 5.99. The predicted molar refractivity (Wildman–Crippen MR) is 90.0 cm³/mol. The molecule has 23 heavy (non-hydrogen) atoms. The number of carboxylic acids is 1. The molecular formula is C17H16N4O2. The van der Waals surface area contributed by atoms with E-state index in [0.29, 0.717) is 5.82 Å². The Balaban J connectivity index is 1.79. The van der Waals surface area contributed by atoms with Gasteiger partial charge in [0, 0.05) is 35.4 Å². The fourth-order valence-electron chi connectivity index (χ4n) is 2.39. The van der Waals surface area contributed by atoms with Crippen LogP contribution in [0.25, 0.3) is 10.9 Å². The summed E-state index contributed by atoms with van der Waals surface area (Å²) in [5.74, 6) is -0.509. The van der Waals surface area contributed by atoms with E-state index in [4.69, 9.17) is 5.11 Å². The van der Waals surface area contributed by atoms with Crippen LogP contribution in [-0.2, 0) is 6.54 Å². The summed E-state index contributed by atoms with van der Waals surface area (Å²) in [6, 6.07) is 11.2. The van der Waals surface area contributed by atoms with Gasteiger partial charge in [-0.05, 0) is 25.1 Å². The van der Waals surface area contributed by atoms with Gasteiger partial charge in [-0.1, -0.05) is 18.2 Å². The molecule has 3 rings (SSSR count). The molecule has 116 valence electrons. The molecule has 0 saturated heterocycles. The van der Waals surface area contributed by atoms with E-state index in [0.717, 1.165) is 17.5 Å². The number of nitrogens with one attached hydrogen (secondary N) is 1. The summed E-state index contributed by atoms with van der Waals surface area (Å²) < 4.78 is 2.16. The number of hydrazone groups is 1. The van der Waals surface area contributed by atoms with Gasteiger partial charge < -0.3 is 9.67 Å². The molecule has 0 aliphatic heterocycles. The molecule has 1 aromatic carbocycles.